The largest absolute Gasteiger partial charge is 0.343 e. The molecule has 0 aromatic carbocycles. The third-order valence-electron chi connectivity index (χ3n) is 2.45. The lowest BCUT2D eigenvalue weighted by Gasteiger charge is -1.99. The molecule has 0 aliphatic heterocycles. The predicted octanol–water partition coefficient (Wildman–Crippen LogP) is 1.91. The normalized spacial score (nSPS) is 10.7. The molecule has 8 nitrogen and oxygen atoms in total. The number of H-pyrrole nitrogens is 1. The number of Topliss-reactive ketones (excluding diaryl/α,β-unsaturated/α-hetero) is 1. The van der Waals surface area contributed by atoms with E-state index in [1.807, 2.05) is 0 Å². The van der Waals surface area contributed by atoms with Crippen molar-refractivity contribution in [2.75, 3.05) is 0 Å². The van der Waals surface area contributed by atoms with Crippen LogP contribution in [-0.2, 0) is 6.54 Å². The van der Waals surface area contributed by atoms with E-state index in [4.69, 9.17) is 0 Å². The Morgan fingerprint density at radius 2 is 2.35 bits per heavy atom. The zero-order valence-electron chi connectivity index (χ0n) is 10.6. The summed E-state index contributed by atoms with van der Waals surface area (Å²) in [6, 6.07) is 1.25. The molecule has 0 saturated heterocycles. The van der Waals surface area contributed by atoms with Crippen molar-refractivity contribution in [3.63, 3.8) is 0 Å². The van der Waals surface area contributed by atoms with Crippen LogP contribution in [0.3, 0.4) is 0 Å². The standard InChI is InChI=1S/C10H10N4O4S2/c1-3-13-9(16)11-12-10(13)20-8-6(14(17)18)4-7(19-8)5(2)15/h4H,3H2,1-2H3,(H,11,16). The lowest BCUT2D eigenvalue weighted by Crippen LogP contribution is -2.15. The number of nitrogens with one attached hydrogen (secondary N) is 1. The summed E-state index contributed by atoms with van der Waals surface area (Å²) in [6.45, 7) is 3.52. The first-order chi connectivity index (χ1) is 9.43. The van der Waals surface area contributed by atoms with Gasteiger partial charge in [0.05, 0.1) is 9.80 Å². The molecule has 0 spiro atoms. The number of ketones is 1. The molecule has 0 fully saturated rings. The third-order valence-corrected chi connectivity index (χ3v) is 4.86. The van der Waals surface area contributed by atoms with Crippen molar-refractivity contribution in [1.82, 2.24) is 14.8 Å². The van der Waals surface area contributed by atoms with Crippen molar-refractivity contribution < 1.29 is 9.72 Å². The molecule has 2 aromatic heterocycles. The minimum Gasteiger partial charge on any atom is -0.294 e. The van der Waals surface area contributed by atoms with E-state index in [1.165, 1.54) is 17.6 Å². The fraction of sp³-hybridized carbons (Fsp3) is 0.300. The molecule has 0 bridgehead atoms. The van der Waals surface area contributed by atoms with Gasteiger partial charge in [-0.25, -0.2) is 9.89 Å². The van der Waals surface area contributed by atoms with Gasteiger partial charge >= 0.3 is 5.69 Å². The number of aromatic nitrogens is 3. The average molecular weight is 314 g/mol. The van der Waals surface area contributed by atoms with Crippen molar-refractivity contribution in [2.45, 2.75) is 29.8 Å². The topological polar surface area (TPSA) is 111 Å². The zero-order valence-corrected chi connectivity index (χ0v) is 12.2. The van der Waals surface area contributed by atoms with Crippen LogP contribution in [0.5, 0.6) is 0 Å². The second kappa shape index (κ2) is 5.59. The van der Waals surface area contributed by atoms with Crippen molar-refractivity contribution in [1.29, 1.82) is 0 Å². The molecular formula is C10H10N4O4S2. The van der Waals surface area contributed by atoms with Gasteiger partial charge in [-0.1, -0.05) is 0 Å². The van der Waals surface area contributed by atoms with E-state index in [2.05, 4.69) is 10.2 Å². The SMILES string of the molecule is CCn1c(Sc2sc(C(C)=O)cc2[N+](=O)[O-])n[nH]c1=O. The van der Waals surface area contributed by atoms with Crippen molar-refractivity contribution in [2.24, 2.45) is 0 Å². The first-order valence-corrected chi connectivity index (χ1v) is 7.19. The Morgan fingerprint density at radius 1 is 1.65 bits per heavy atom. The maximum absolute atomic E-state index is 11.4. The summed E-state index contributed by atoms with van der Waals surface area (Å²) in [5.74, 6) is -0.236. The van der Waals surface area contributed by atoms with Gasteiger partial charge in [-0.05, 0) is 25.6 Å². The lowest BCUT2D eigenvalue weighted by molar-refractivity contribution is -0.387. The molecule has 2 aromatic rings. The van der Waals surface area contributed by atoms with Crippen molar-refractivity contribution in [3.8, 4) is 0 Å². The summed E-state index contributed by atoms with van der Waals surface area (Å²) in [5, 5.41) is 17.4. The zero-order chi connectivity index (χ0) is 14.9. The van der Waals surface area contributed by atoms with E-state index in [0.29, 0.717) is 20.8 Å². The third kappa shape index (κ3) is 2.65. The monoisotopic (exact) mass is 314 g/mol. The van der Waals surface area contributed by atoms with Gasteiger partial charge in [-0.2, -0.15) is 0 Å². The Balaban J connectivity index is 2.44. The second-order valence-electron chi connectivity index (χ2n) is 3.75. The number of nitro groups is 1. The van der Waals surface area contributed by atoms with E-state index < -0.39 is 4.92 Å². The summed E-state index contributed by atoms with van der Waals surface area (Å²) >= 11 is 2.02. The number of hydrogen-bond donors (Lipinski definition) is 1. The van der Waals surface area contributed by atoms with Crippen LogP contribution < -0.4 is 5.69 Å². The molecule has 2 heterocycles. The summed E-state index contributed by atoms with van der Waals surface area (Å²) in [5.41, 5.74) is -0.524. The molecule has 0 aliphatic carbocycles. The van der Waals surface area contributed by atoms with Gasteiger partial charge in [0.15, 0.2) is 10.9 Å². The molecule has 2 rings (SSSR count). The van der Waals surface area contributed by atoms with Crippen LogP contribution >= 0.6 is 23.1 Å². The van der Waals surface area contributed by atoms with Gasteiger partial charge in [0, 0.05) is 12.6 Å². The maximum Gasteiger partial charge on any atom is 0.343 e. The van der Waals surface area contributed by atoms with Crippen LogP contribution in [0.4, 0.5) is 5.69 Å². The maximum atomic E-state index is 11.4. The van der Waals surface area contributed by atoms with Gasteiger partial charge in [-0.3, -0.25) is 19.5 Å². The van der Waals surface area contributed by atoms with E-state index >= 15 is 0 Å². The molecule has 0 radical (unpaired) electrons. The summed E-state index contributed by atoms with van der Waals surface area (Å²) < 4.78 is 1.69. The number of carbonyl (C=O) groups is 1. The first-order valence-electron chi connectivity index (χ1n) is 5.56. The van der Waals surface area contributed by atoms with Crippen molar-refractivity contribution in [3.05, 3.63) is 31.5 Å². The van der Waals surface area contributed by atoms with Gasteiger partial charge in [0.1, 0.15) is 4.21 Å². The lowest BCUT2D eigenvalue weighted by atomic mass is 10.3. The Morgan fingerprint density at radius 3 is 2.90 bits per heavy atom. The quantitative estimate of drug-likeness (QED) is 0.512. The van der Waals surface area contributed by atoms with Crippen LogP contribution in [0, 0.1) is 10.1 Å². The Hall–Kier alpha value is -1.94. The van der Waals surface area contributed by atoms with Gasteiger partial charge < -0.3 is 0 Å². The smallest absolute Gasteiger partial charge is 0.294 e. The van der Waals surface area contributed by atoms with Gasteiger partial charge in [0.25, 0.3) is 5.69 Å². The predicted molar refractivity (Wildman–Crippen MR) is 73.6 cm³/mol. The highest BCUT2D eigenvalue weighted by Crippen LogP contribution is 2.40. The van der Waals surface area contributed by atoms with E-state index in [9.17, 15) is 19.7 Å². The summed E-state index contributed by atoms with van der Waals surface area (Å²) in [4.78, 5) is 33.5. The molecule has 0 aliphatic rings. The fourth-order valence-electron chi connectivity index (χ4n) is 1.48. The van der Waals surface area contributed by atoms with Crippen LogP contribution in [0.1, 0.15) is 23.5 Å². The molecule has 0 atom stereocenters. The minimum absolute atomic E-state index is 0.150. The Labute approximate surface area is 121 Å². The highest BCUT2D eigenvalue weighted by molar-refractivity contribution is 8.01. The van der Waals surface area contributed by atoms with Gasteiger partial charge in [0.2, 0.25) is 0 Å². The summed E-state index contributed by atoms with van der Waals surface area (Å²) in [6.07, 6.45) is 0. The molecule has 106 valence electrons. The van der Waals surface area contributed by atoms with E-state index in [-0.39, 0.29) is 17.2 Å². The fourth-order valence-corrected chi connectivity index (χ4v) is 3.71. The van der Waals surface area contributed by atoms with Crippen molar-refractivity contribution >= 4 is 34.6 Å². The molecule has 1 N–H and O–H groups in total. The Bertz CT molecular complexity index is 730. The summed E-state index contributed by atoms with van der Waals surface area (Å²) in [7, 11) is 0. The number of thiophene rings is 1. The minimum atomic E-state index is -0.549. The number of aromatic amines is 1. The van der Waals surface area contributed by atoms with Gasteiger partial charge in [-0.15, -0.1) is 16.4 Å². The average Bonchev–Trinajstić information content (AvgIpc) is 2.94. The first kappa shape index (κ1) is 14.5. The highest BCUT2D eigenvalue weighted by atomic mass is 32.2. The van der Waals surface area contributed by atoms with Crippen LogP contribution in [0.2, 0.25) is 0 Å². The van der Waals surface area contributed by atoms with Crippen LogP contribution in [0.15, 0.2) is 20.2 Å². The molecule has 20 heavy (non-hydrogen) atoms. The van der Waals surface area contributed by atoms with Crippen LogP contribution in [0.25, 0.3) is 0 Å². The Kier molecular flexibility index (Phi) is 4.04. The molecule has 10 heteroatoms. The molecule has 0 unspecified atom stereocenters. The highest BCUT2D eigenvalue weighted by Gasteiger charge is 2.23. The molecule has 0 saturated carbocycles. The van der Waals surface area contributed by atoms with E-state index in [0.717, 1.165) is 23.1 Å². The molecular weight excluding hydrogens is 304 g/mol. The second-order valence-corrected chi connectivity index (χ2v) is 6.04. The van der Waals surface area contributed by atoms with Crippen LogP contribution in [-0.4, -0.2) is 25.5 Å². The number of rotatable bonds is 5. The number of carbonyl (C=O) groups excluding carboxylic acids is 1. The molecule has 0 amide bonds. The number of nitrogens with zero attached hydrogens (tertiary/aromatic N) is 3. The number of hydrogen-bond acceptors (Lipinski definition) is 7. The van der Waals surface area contributed by atoms with E-state index in [1.54, 1.807) is 6.92 Å².